The molecule has 1 heterocycles. The van der Waals surface area contributed by atoms with E-state index < -0.39 is 0 Å². The van der Waals surface area contributed by atoms with E-state index in [1.54, 1.807) is 11.8 Å². The van der Waals surface area contributed by atoms with Crippen LogP contribution in [0.4, 0.5) is 0 Å². The first-order valence-corrected chi connectivity index (χ1v) is 4.35. The number of aromatic amines is 1. The fourth-order valence-corrected chi connectivity index (χ4v) is 1.03. The molecule has 0 fully saturated rings. The molecular formula is C5H10N4S. The minimum absolute atomic E-state index is 0.408. The van der Waals surface area contributed by atoms with Gasteiger partial charge < -0.3 is 5.73 Å². The summed E-state index contributed by atoms with van der Waals surface area (Å²) >= 11 is 1.70. The molecule has 0 atom stereocenters. The second-order valence-electron chi connectivity index (χ2n) is 1.84. The SMILES string of the molecule is CSCc1nc(CN)n[nH]1. The summed E-state index contributed by atoms with van der Waals surface area (Å²) in [5.41, 5.74) is 5.31. The van der Waals surface area contributed by atoms with Crippen LogP contribution >= 0.6 is 11.8 Å². The van der Waals surface area contributed by atoms with Crippen LogP contribution in [0.3, 0.4) is 0 Å². The first-order chi connectivity index (χ1) is 4.86. The lowest BCUT2D eigenvalue weighted by atomic mass is 10.6. The van der Waals surface area contributed by atoms with E-state index in [1.165, 1.54) is 0 Å². The smallest absolute Gasteiger partial charge is 0.164 e. The van der Waals surface area contributed by atoms with E-state index in [1.807, 2.05) is 6.26 Å². The molecule has 0 bridgehead atoms. The number of rotatable bonds is 3. The van der Waals surface area contributed by atoms with Gasteiger partial charge in [0.15, 0.2) is 5.82 Å². The molecule has 0 aromatic carbocycles. The quantitative estimate of drug-likeness (QED) is 0.656. The highest BCUT2D eigenvalue weighted by Crippen LogP contribution is 2.02. The minimum atomic E-state index is 0.408. The zero-order valence-corrected chi connectivity index (χ0v) is 6.61. The lowest BCUT2D eigenvalue weighted by molar-refractivity contribution is 0.916. The van der Waals surface area contributed by atoms with Crippen molar-refractivity contribution in [1.29, 1.82) is 0 Å². The maximum Gasteiger partial charge on any atom is 0.164 e. The maximum atomic E-state index is 5.31. The molecule has 5 heteroatoms. The molecule has 0 saturated carbocycles. The fraction of sp³-hybridized carbons (Fsp3) is 0.600. The van der Waals surface area contributed by atoms with Gasteiger partial charge in [-0.2, -0.15) is 16.9 Å². The molecule has 0 saturated heterocycles. The number of hydrogen-bond donors (Lipinski definition) is 2. The highest BCUT2D eigenvalue weighted by atomic mass is 32.2. The Hall–Kier alpha value is -0.550. The van der Waals surface area contributed by atoms with E-state index in [2.05, 4.69) is 15.2 Å². The topological polar surface area (TPSA) is 67.6 Å². The average molecular weight is 158 g/mol. The molecule has 3 N–H and O–H groups in total. The first-order valence-electron chi connectivity index (χ1n) is 2.96. The van der Waals surface area contributed by atoms with Crippen LogP contribution in [0.15, 0.2) is 0 Å². The molecule has 4 nitrogen and oxygen atoms in total. The molecule has 1 rings (SSSR count). The van der Waals surface area contributed by atoms with Crippen LogP contribution in [-0.4, -0.2) is 21.4 Å². The number of nitrogens with two attached hydrogens (primary N) is 1. The molecule has 0 radical (unpaired) electrons. The molecule has 10 heavy (non-hydrogen) atoms. The summed E-state index contributed by atoms with van der Waals surface area (Å²) in [7, 11) is 0. The summed E-state index contributed by atoms with van der Waals surface area (Å²) in [6.07, 6.45) is 2.02. The van der Waals surface area contributed by atoms with Crippen molar-refractivity contribution in [3.8, 4) is 0 Å². The van der Waals surface area contributed by atoms with Crippen molar-refractivity contribution in [2.45, 2.75) is 12.3 Å². The average Bonchev–Trinajstić information content (AvgIpc) is 2.37. The summed E-state index contributed by atoms with van der Waals surface area (Å²) in [6.45, 7) is 0.408. The van der Waals surface area contributed by atoms with Gasteiger partial charge in [0.25, 0.3) is 0 Å². The summed E-state index contributed by atoms with van der Waals surface area (Å²) in [6, 6.07) is 0. The number of thioether (sulfide) groups is 1. The molecule has 0 unspecified atom stereocenters. The monoisotopic (exact) mass is 158 g/mol. The number of nitrogens with one attached hydrogen (secondary N) is 1. The minimum Gasteiger partial charge on any atom is -0.324 e. The van der Waals surface area contributed by atoms with Crippen LogP contribution in [-0.2, 0) is 12.3 Å². The van der Waals surface area contributed by atoms with Gasteiger partial charge in [-0.05, 0) is 6.26 Å². The van der Waals surface area contributed by atoms with Gasteiger partial charge in [0.2, 0.25) is 0 Å². The van der Waals surface area contributed by atoms with E-state index in [-0.39, 0.29) is 0 Å². The lowest BCUT2D eigenvalue weighted by Crippen LogP contribution is -1.98. The number of aromatic nitrogens is 3. The molecular weight excluding hydrogens is 148 g/mol. The van der Waals surface area contributed by atoms with Crippen molar-refractivity contribution < 1.29 is 0 Å². The molecule has 1 aromatic rings. The van der Waals surface area contributed by atoms with E-state index in [0.717, 1.165) is 11.6 Å². The zero-order chi connectivity index (χ0) is 7.40. The second kappa shape index (κ2) is 3.58. The van der Waals surface area contributed by atoms with Gasteiger partial charge in [-0.15, -0.1) is 0 Å². The highest BCUT2D eigenvalue weighted by molar-refractivity contribution is 7.97. The van der Waals surface area contributed by atoms with Crippen molar-refractivity contribution in [2.75, 3.05) is 6.26 Å². The molecule has 0 aliphatic heterocycles. The van der Waals surface area contributed by atoms with Gasteiger partial charge in [-0.25, -0.2) is 4.98 Å². The van der Waals surface area contributed by atoms with Crippen LogP contribution in [0.2, 0.25) is 0 Å². The van der Waals surface area contributed by atoms with Crippen LogP contribution in [0.1, 0.15) is 11.6 Å². The molecule has 0 aliphatic carbocycles. The molecule has 56 valence electrons. The third-order valence-corrected chi connectivity index (χ3v) is 1.60. The van der Waals surface area contributed by atoms with Gasteiger partial charge in [0, 0.05) is 0 Å². The fourth-order valence-electron chi connectivity index (χ4n) is 0.627. The van der Waals surface area contributed by atoms with E-state index in [0.29, 0.717) is 12.4 Å². The Labute approximate surface area is 63.6 Å². The van der Waals surface area contributed by atoms with Crippen molar-refractivity contribution >= 4 is 11.8 Å². The Bertz CT molecular complexity index is 197. The largest absolute Gasteiger partial charge is 0.324 e. The standard InChI is InChI=1S/C5H10N4S/c1-10-3-5-7-4(2-6)8-9-5/h2-3,6H2,1H3,(H,7,8,9). The maximum absolute atomic E-state index is 5.31. The van der Waals surface area contributed by atoms with Crippen LogP contribution in [0.25, 0.3) is 0 Å². The highest BCUT2D eigenvalue weighted by Gasteiger charge is 1.98. The number of hydrogen-bond acceptors (Lipinski definition) is 4. The predicted molar refractivity (Wildman–Crippen MR) is 41.5 cm³/mol. The lowest BCUT2D eigenvalue weighted by Gasteiger charge is -1.85. The molecule has 1 aromatic heterocycles. The van der Waals surface area contributed by atoms with Gasteiger partial charge in [0.05, 0.1) is 12.3 Å². The molecule has 0 amide bonds. The first kappa shape index (κ1) is 7.56. The van der Waals surface area contributed by atoms with Crippen molar-refractivity contribution in [1.82, 2.24) is 15.2 Å². The second-order valence-corrected chi connectivity index (χ2v) is 2.70. The Morgan fingerprint density at radius 3 is 3.00 bits per heavy atom. The Morgan fingerprint density at radius 1 is 1.70 bits per heavy atom. The Morgan fingerprint density at radius 2 is 2.50 bits per heavy atom. The predicted octanol–water partition coefficient (Wildman–Crippen LogP) is 0.126. The van der Waals surface area contributed by atoms with Crippen LogP contribution < -0.4 is 5.73 Å². The number of H-pyrrole nitrogens is 1. The summed E-state index contributed by atoms with van der Waals surface area (Å²) < 4.78 is 0. The van der Waals surface area contributed by atoms with Gasteiger partial charge in [-0.1, -0.05) is 0 Å². The van der Waals surface area contributed by atoms with E-state index >= 15 is 0 Å². The van der Waals surface area contributed by atoms with Crippen molar-refractivity contribution in [3.63, 3.8) is 0 Å². The van der Waals surface area contributed by atoms with Crippen LogP contribution in [0, 0.1) is 0 Å². The van der Waals surface area contributed by atoms with Crippen molar-refractivity contribution in [2.24, 2.45) is 5.73 Å². The van der Waals surface area contributed by atoms with Crippen molar-refractivity contribution in [3.05, 3.63) is 11.6 Å². The van der Waals surface area contributed by atoms with Crippen LogP contribution in [0.5, 0.6) is 0 Å². The molecule has 0 spiro atoms. The van der Waals surface area contributed by atoms with E-state index in [4.69, 9.17) is 5.73 Å². The number of nitrogens with zero attached hydrogens (tertiary/aromatic N) is 2. The third-order valence-electron chi connectivity index (χ3n) is 1.04. The summed E-state index contributed by atoms with van der Waals surface area (Å²) in [5.74, 6) is 2.45. The third kappa shape index (κ3) is 1.71. The Kier molecular flexibility index (Phi) is 2.70. The van der Waals surface area contributed by atoms with Gasteiger partial charge >= 0.3 is 0 Å². The van der Waals surface area contributed by atoms with Gasteiger partial charge in [0.1, 0.15) is 5.82 Å². The zero-order valence-electron chi connectivity index (χ0n) is 5.79. The molecule has 0 aliphatic rings. The summed E-state index contributed by atoms with van der Waals surface area (Å²) in [4.78, 5) is 4.11. The Balaban J connectivity index is 2.59. The normalized spacial score (nSPS) is 10.2. The van der Waals surface area contributed by atoms with E-state index in [9.17, 15) is 0 Å². The van der Waals surface area contributed by atoms with Gasteiger partial charge in [-0.3, -0.25) is 5.10 Å². The summed E-state index contributed by atoms with van der Waals surface area (Å²) in [5, 5.41) is 6.67.